The summed E-state index contributed by atoms with van der Waals surface area (Å²) in [4.78, 5) is 53.3. The molecule has 0 radical (unpaired) electrons. The molecule has 2 aliphatic rings. The van der Waals surface area contributed by atoms with Gasteiger partial charge in [-0.2, -0.15) is 0 Å². The second kappa shape index (κ2) is 7.99. The van der Waals surface area contributed by atoms with Gasteiger partial charge in [0, 0.05) is 19.0 Å². The van der Waals surface area contributed by atoms with Crippen molar-refractivity contribution in [2.24, 2.45) is 0 Å². The fourth-order valence-corrected chi connectivity index (χ4v) is 4.36. The molecule has 2 aliphatic heterocycles. The average Bonchev–Trinajstić information content (AvgIpc) is 3.06. The van der Waals surface area contributed by atoms with E-state index >= 15 is 0 Å². The molecule has 1 fully saturated rings. The Hall–Kier alpha value is -3.88. The molecule has 2 N–H and O–H groups in total. The van der Waals surface area contributed by atoms with Crippen molar-refractivity contribution in [1.82, 2.24) is 4.90 Å². The molecule has 2 aromatic rings. The normalized spacial score (nSPS) is 19.3. The van der Waals surface area contributed by atoms with Crippen LogP contribution in [0, 0.1) is 0 Å². The Balaban J connectivity index is 1.59. The van der Waals surface area contributed by atoms with Crippen LogP contribution in [0.5, 0.6) is 5.75 Å². The van der Waals surface area contributed by atoms with E-state index in [2.05, 4.69) is 10.6 Å². The zero-order chi connectivity index (χ0) is 23.0. The molecule has 0 bridgehead atoms. The molecule has 1 saturated heterocycles. The van der Waals surface area contributed by atoms with Crippen LogP contribution < -0.4 is 20.3 Å². The van der Waals surface area contributed by atoms with E-state index in [1.165, 1.54) is 18.9 Å². The smallest absolute Gasteiger partial charge is 0.258 e. The minimum atomic E-state index is -0.916. The van der Waals surface area contributed by atoms with Crippen molar-refractivity contribution in [2.45, 2.75) is 32.4 Å². The van der Waals surface area contributed by atoms with Crippen molar-refractivity contribution in [1.29, 1.82) is 0 Å². The molecule has 9 nitrogen and oxygen atoms in total. The zero-order valence-electron chi connectivity index (χ0n) is 18.1. The van der Waals surface area contributed by atoms with Crippen molar-refractivity contribution < 1.29 is 23.9 Å². The summed E-state index contributed by atoms with van der Waals surface area (Å²) in [6.45, 7) is 2.95. The highest BCUT2D eigenvalue weighted by molar-refractivity contribution is 6.11. The minimum absolute atomic E-state index is 0.0760. The Morgan fingerprint density at radius 3 is 2.59 bits per heavy atom. The van der Waals surface area contributed by atoms with Crippen LogP contribution in [-0.4, -0.2) is 47.8 Å². The van der Waals surface area contributed by atoms with E-state index in [-0.39, 0.29) is 24.3 Å². The second-order valence-corrected chi connectivity index (χ2v) is 8.00. The molecule has 0 aliphatic carbocycles. The lowest BCUT2D eigenvalue weighted by molar-refractivity contribution is -0.120. The van der Waals surface area contributed by atoms with Gasteiger partial charge in [0.25, 0.3) is 5.91 Å². The molecule has 32 heavy (non-hydrogen) atoms. The summed E-state index contributed by atoms with van der Waals surface area (Å²) in [6.07, 6.45) is 0.739. The lowest BCUT2D eigenvalue weighted by Gasteiger charge is -2.48. The van der Waals surface area contributed by atoms with Crippen molar-refractivity contribution in [3.8, 4) is 5.75 Å². The van der Waals surface area contributed by atoms with E-state index in [1.54, 1.807) is 54.3 Å². The number of ether oxygens (including phenoxy) is 1. The largest absolute Gasteiger partial charge is 0.495 e. The first-order valence-corrected chi connectivity index (χ1v) is 10.2. The van der Waals surface area contributed by atoms with Crippen LogP contribution in [0.2, 0.25) is 0 Å². The molecular formula is C23H24N4O5. The fraction of sp³-hybridized carbons (Fsp3) is 0.304. The summed E-state index contributed by atoms with van der Waals surface area (Å²) < 4.78 is 5.23. The van der Waals surface area contributed by atoms with Crippen LogP contribution in [0.1, 0.15) is 37.0 Å². The van der Waals surface area contributed by atoms with Crippen LogP contribution in [-0.2, 0) is 14.4 Å². The number of fused-ring (bicyclic) bond motifs is 3. The lowest BCUT2D eigenvalue weighted by atomic mass is 9.98. The molecule has 0 saturated carbocycles. The Bertz CT molecular complexity index is 1130. The van der Waals surface area contributed by atoms with Gasteiger partial charge in [0.2, 0.25) is 17.7 Å². The third-order valence-corrected chi connectivity index (χ3v) is 5.84. The molecule has 2 aromatic carbocycles. The van der Waals surface area contributed by atoms with Gasteiger partial charge in [-0.25, -0.2) is 0 Å². The van der Waals surface area contributed by atoms with Gasteiger partial charge >= 0.3 is 0 Å². The summed E-state index contributed by atoms with van der Waals surface area (Å²) in [5.41, 5.74) is 0.912. The number of nitrogens with one attached hydrogen (secondary N) is 2. The predicted molar refractivity (Wildman–Crippen MR) is 119 cm³/mol. The van der Waals surface area contributed by atoms with Crippen molar-refractivity contribution in [3.63, 3.8) is 0 Å². The number of anilines is 3. The zero-order valence-corrected chi connectivity index (χ0v) is 18.1. The molecule has 2 heterocycles. The van der Waals surface area contributed by atoms with Crippen LogP contribution in [0.4, 0.5) is 17.1 Å². The first-order valence-electron chi connectivity index (χ1n) is 10.2. The Morgan fingerprint density at radius 2 is 1.88 bits per heavy atom. The highest BCUT2D eigenvalue weighted by Crippen LogP contribution is 2.43. The SMILES string of the molecule is COc1ccc(NC(=O)CN2C(=O)c3ccccc3N3C(=O)CCC23C)cc1NC(C)=O. The number of amides is 4. The molecule has 1 atom stereocenters. The Kier molecular flexibility index (Phi) is 5.33. The minimum Gasteiger partial charge on any atom is -0.495 e. The van der Waals surface area contributed by atoms with Gasteiger partial charge < -0.3 is 20.3 Å². The number of para-hydroxylation sites is 1. The summed E-state index contributed by atoms with van der Waals surface area (Å²) in [5, 5.41) is 5.42. The standard InChI is InChI=1S/C23H24N4O5/c1-14(28)24-17-12-15(8-9-19(17)32-3)25-20(29)13-26-22(31)16-6-4-5-7-18(16)27-21(30)10-11-23(26,27)2/h4-9,12H,10-11,13H2,1-3H3,(H,24,28)(H,25,29). The maximum absolute atomic E-state index is 13.3. The summed E-state index contributed by atoms with van der Waals surface area (Å²) in [5.74, 6) is -0.611. The molecular weight excluding hydrogens is 412 g/mol. The van der Waals surface area contributed by atoms with Crippen molar-refractivity contribution >= 4 is 40.7 Å². The highest BCUT2D eigenvalue weighted by Gasteiger charge is 2.53. The van der Waals surface area contributed by atoms with E-state index in [9.17, 15) is 19.2 Å². The molecule has 166 valence electrons. The van der Waals surface area contributed by atoms with Gasteiger partial charge in [0.05, 0.1) is 24.0 Å². The Labute approximate surface area is 185 Å². The first kappa shape index (κ1) is 21.4. The Morgan fingerprint density at radius 1 is 1.12 bits per heavy atom. The van der Waals surface area contributed by atoms with Gasteiger partial charge in [0.15, 0.2) is 0 Å². The number of carbonyl (C=O) groups is 4. The summed E-state index contributed by atoms with van der Waals surface area (Å²) >= 11 is 0. The number of benzene rings is 2. The lowest BCUT2D eigenvalue weighted by Crippen LogP contribution is -2.63. The second-order valence-electron chi connectivity index (χ2n) is 8.00. The maximum Gasteiger partial charge on any atom is 0.258 e. The third kappa shape index (κ3) is 3.55. The van der Waals surface area contributed by atoms with Gasteiger partial charge in [0.1, 0.15) is 18.0 Å². The van der Waals surface area contributed by atoms with E-state index in [0.717, 1.165) is 0 Å². The quantitative estimate of drug-likeness (QED) is 0.749. The van der Waals surface area contributed by atoms with E-state index in [4.69, 9.17) is 4.74 Å². The van der Waals surface area contributed by atoms with E-state index in [1.807, 2.05) is 0 Å². The highest BCUT2D eigenvalue weighted by atomic mass is 16.5. The monoisotopic (exact) mass is 436 g/mol. The first-order chi connectivity index (χ1) is 15.2. The maximum atomic E-state index is 13.3. The summed E-state index contributed by atoms with van der Waals surface area (Å²) in [7, 11) is 1.48. The fourth-order valence-electron chi connectivity index (χ4n) is 4.36. The molecule has 4 amide bonds. The number of hydrogen-bond acceptors (Lipinski definition) is 5. The number of nitrogens with zero attached hydrogens (tertiary/aromatic N) is 2. The topological polar surface area (TPSA) is 108 Å². The van der Waals surface area contributed by atoms with E-state index in [0.29, 0.717) is 41.2 Å². The molecule has 4 rings (SSSR count). The number of carbonyl (C=O) groups excluding carboxylic acids is 4. The van der Waals surface area contributed by atoms with Crippen molar-refractivity contribution in [2.75, 3.05) is 29.2 Å². The molecule has 0 aromatic heterocycles. The van der Waals surface area contributed by atoms with Crippen molar-refractivity contribution in [3.05, 3.63) is 48.0 Å². The van der Waals surface area contributed by atoms with Gasteiger partial charge in [-0.05, 0) is 43.7 Å². The molecule has 0 spiro atoms. The van der Waals surface area contributed by atoms with Crippen LogP contribution in [0.25, 0.3) is 0 Å². The van der Waals surface area contributed by atoms with Gasteiger partial charge in [-0.3, -0.25) is 24.1 Å². The summed E-state index contributed by atoms with van der Waals surface area (Å²) in [6, 6.07) is 11.8. The van der Waals surface area contributed by atoms with Crippen LogP contribution in [0.3, 0.4) is 0 Å². The predicted octanol–water partition coefficient (Wildman–Crippen LogP) is 2.59. The average molecular weight is 436 g/mol. The van der Waals surface area contributed by atoms with E-state index < -0.39 is 11.6 Å². The van der Waals surface area contributed by atoms with Crippen LogP contribution >= 0.6 is 0 Å². The number of methoxy groups -OCH3 is 1. The number of rotatable bonds is 5. The third-order valence-electron chi connectivity index (χ3n) is 5.84. The van der Waals surface area contributed by atoms with Crippen LogP contribution in [0.15, 0.2) is 42.5 Å². The molecule has 9 heteroatoms. The van der Waals surface area contributed by atoms with Gasteiger partial charge in [-0.1, -0.05) is 12.1 Å². The number of hydrogen-bond donors (Lipinski definition) is 2. The molecule has 1 unspecified atom stereocenters. The van der Waals surface area contributed by atoms with Gasteiger partial charge in [-0.15, -0.1) is 0 Å².